The Labute approximate surface area is 131 Å². The Morgan fingerprint density at radius 3 is 2.57 bits per heavy atom. The zero-order chi connectivity index (χ0) is 14.9. The van der Waals surface area contributed by atoms with Crippen molar-refractivity contribution in [3.05, 3.63) is 0 Å². The van der Waals surface area contributed by atoms with E-state index in [-0.39, 0.29) is 0 Å². The van der Waals surface area contributed by atoms with Crippen molar-refractivity contribution in [2.75, 3.05) is 26.2 Å². The maximum absolute atomic E-state index is 6.00. The topological polar surface area (TPSA) is 24.5 Å². The molecule has 3 nitrogen and oxygen atoms in total. The molecule has 0 radical (unpaired) electrons. The van der Waals surface area contributed by atoms with Gasteiger partial charge in [-0.15, -0.1) is 0 Å². The van der Waals surface area contributed by atoms with Gasteiger partial charge in [-0.05, 0) is 72.0 Å². The second kappa shape index (κ2) is 9.81. The van der Waals surface area contributed by atoms with Crippen LogP contribution in [0.15, 0.2) is 0 Å². The molecule has 0 spiro atoms. The Morgan fingerprint density at radius 2 is 1.81 bits per heavy atom. The van der Waals surface area contributed by atoms with Crippen molar-refractivity contribution in [1.82, 2.24) is 10.2 Å². The van der Waals surface area contributed by atoms with Crippen LogP contribution in [0.5, 0.6) is 0 Å². The Morgan fingerprint density at radius 1 is 1.00 bits per heavy atom. The fraction of sp³-hybridized carbons (Fsp3) is 1.00. The summed E-state index contributed by atoms with van der Waals surface area (Å²) in [5, 5.41) is 3.75. The first kappa shape index (κ1) is 17.2. The molecule has 3 heteroatoms. The standard InChI is InChI=1S/C18H36N2O/c1-16(2)20-13-6-8-17(11-14-20)19-12-7-15-21-18-9-4-3-5-10-18/h16-19H,3-15H2,1-2H3. The van der Waals surface area contributed by atoms with Crippen molar-refractivity contribution in [3.8, 4) is 0 Å². The Bertz CT molecular complexity index is 264. The Balaban J connectivity index is 1.50. The molecule has 1 saturated carbocycles. The van der Waals surface area contributed by atoms with Gasteiger partial charge in [0.25, 0.3) is 0 Å². The van der Waals surface area contributed by atoms with Gasteiger partial charge in [0.15, 0.2) is 0 Å². The van der Waals surface area contributed by atoms with Crippen LogP contribution >= 0.6 is 0 Å². The maximum Gasteiger partial charge on any atom is 0.0575 e. The minimum Gasteiger partial charge on any atom is -0.378 e. The second-order valence-electron chi connectivity index (χ2n) is 7.20. The molecule has 1 atom stereocenters. The van der Waals surface area contributed by atoms with Gasteiger partial charge >= 0.3 is 0 Å². The third-order valence-electron chi connectivity index (χ3n) is 5.15. The van der Waals surface area contributed by atoms with Crippen LogP contribution < -0.4 is 5.32 Å². The lowest BCUT2D eigenvalue weighted by Gasteiger charge is -2.24. The molecule has 0 aromatic heterocycles. The predicted octanol–water partition coefficient (Wildman–Crippen LogP) is 3.58. The van der Waals surface area contributed by atoms with Gasteiger partial charge in [-0.3, -0.25) is 0 Å². The monoisotopic (exact) mass is 296 g/mol. The summed E-state index contributed by atoms with van der Waals surface area (Å²) in [7, 11) is 0. The van der Waals surface area contributed by atoms with Crippen LogP contribution in [0, 0.1) is 0 Å². The molecule has 21 heavy (non-hydrogen) atoms. The summed E-state index contributed by atoms with van der Waals surface area (Å²) in [5.41, 5.74) is 0. The quantitative estimate of drug-likeness (QED) is 0.727. The van der Waals surface area contributed by atoms with Gasteiger partial charge in [0.2, 0.25) is 0 Å². The predicted molar refractivity (Wildman–Crippen MR) is 89.8 cm³/mol. The van der Waals surface area contributed by atoms with Gasteiger partial charge in [0.05, 0.1) is 6.10 Å². The van der Waals surface area contributed by atoms with Crippen LogP contribution in [0.1, 0.15) is 71.6 Å². The van der Waals surface area contributed by atoms with E-state index in [1.165, 1.54) is 70.9 Å². The number of hydrogen-bond acceptors (Lipinski definition) is 3. The first-order valence-corrected chi connectivity index (χ1v) is 9.34. The van der Waals surface area contributed by atoms with Crippen LogP contribution in [0.25, 0.3) is 0 Å². The second-order valence-corrected chi connectivity index (χ2v) is 7.20. The van der Waals surface area contributed by atoms with Crippen molar-refractivity contribution in [2.24, 2.45) is 0 Å². The van der Waals surface area contributed by atoms with Crippen LogP contribution in [0.4, 0.5) is 0 Å². The highest BCUT2D eigenvalue weighted by molar-refractivity contribution is 4.76. The van der Waals surface area contributed by atoms with Crippen molar-refractivity contribution < 1.29 is 4.74 Å². The molecule has 0 amide bonds. The molecular weight excluding hydrogens is 260 g/mol. The number of likely N-dealkylation sites (tertiary alicyclic amines) is 1. The van der Waals surface area contributed by atoms with Crippen LogP contribution in [0.2, 0.25) is 0 Å². The summed E-state index contributed by atoms with van der Waals surface area (Å²) in [6.07, 6.45) is 12.5. The van der Waals surface area contributed by atoms with E-state index in [2.05, 4.69) is 24.1 Å². The first-order valence-electron chi connectivity index (χ1n) is 9.34. The average molecular weight is 296 g/mol. The van der Waals surface area contributed by atoms with Gasteiger partial charge in [0, 0.05) is 18.7 Å². The molecule has 124 valence electrons. The average Bonchev–Trinajstić information content (AvgIpc) is 2.74. The van der Waals surface area contributed by atoms with Crippen molar-refractivity contribution >= 4 is 0 Å². The molecule has 1 aliphatic heterocycles. The van der Waals surface area contributed by atoms with Crippen LogP contribution in [0.3, 0.4) is 0 Å². The van der Waals surface area contributed by atoms with Gasteiger partial charge in [-0.1, -0.05) is 19.3 Å². The molecule has 2 aliphatic rings. The SMILES string of the molecule is CC(C)N1CCCC(NCCCOC2CCCCC2)CC1. The molecule has 1 N–H and O–H groups in total. The lowest BCUT2D eigenvalue weighted by atomic mass is 9.98. The molecular formula is C18H36N2O. The van der Waals surface area contributed by atoms with E-state index >= 15 is 0 Å². The smallest absolute Gasteiger partial charge is 0.0575 e. The molecule has 0 aromatic rings. The third-order valence-corrected chi connectivity index (χ3v) is 5.15. The van der Waals surface area contributed by atoms with E-state index in [1.807, 2.05) is 0 Å². The summed E-state index contributed by atoms with van der Waals surface area (Å²) in [5.74, 6) is 0. The number of rotatable bonds is 7. The normalized spacial score (nSPS) is 26.1. The molecule has 0 aromatic carbocycles. The number of nitrogens with one attached hydrogen (secondary N) is 1. The number of ether oxygens (including phenoxy) is 1. The van der Waals surface area contributed by atoms with E-state index < -0.39 is 0 Å². The summed E-state index contributed by atoms with van der Waals surface area (Å²) >= 11 is 0. The van der Waals surface area contributed by atoms with E-state index in [0.717, 1.165) is 19.2 Å². The van der Waals surface area contributed by atoms with E-state index in [0.29, 0.717) is 12.1 Å². The minimum atomic E-state index is 0.566. The van der Waals surface area contributed by atoms with Gasteiger partial charge in [-0.2, -0.15) is 0 Å². The fourth-order valence-electron chi connectivity index (χ4n) is 3.70. The first-order chi connectivity index (χ1) is 10.3. The highest BCUT2D eigenvalue weighted by Crippen LogP contribution is 2.20. The molecule has 1 heterocycles. The highest BCUT2D eigenvalue weighted by atomic mass is 16.5. The zero-order valence-electron chi connectivity index (χ0n) is 14.3. The number of nitrogens with zero attached hydrogens (tertiary/aromatic N) is 1. The molecule has 1 saturated heterocycles. The third kappa shape index (κ3) is 6.66. The summed E-state index contributed by atoms with van der Waals surface area (Å²) in [4.78, 5) is 2.62. The summed E-state index contributed by atoms with van der Waals surface area (Å²) in [6.45, 7) is 9.24. The summed E-state index contributed by atoms with van der Waals surface area (Å²) < 4.78 is 6.00. The van der Waals surface area contributed by atoms with Gasteiger partial charge in [-0.25, -0.2) is 0 Å². The van der Waals surface area contributed by atoms with Crippen LogP contribution in [-0.2, 0) is 4.74 Å². The largest absolute Gasteiger partial charge is 0.378 e. The lowest BCUT2D eigenvalue weighted by molar-refractivity contribution is 0.0270. The molecule has 1 aliphatic carbocycles. The molecule has 0 bridgehead atoms. The Hall–Kier alpha value is -0.120. The van der Waals surface area contributed by atoms with Crippen molar-refractivity contribution in [1.29, 1.82) is 0 Å². The Kier molecular flexibility index (Phi) is 8.05. The lowest BCUT2D eigenvalue weighted by Crippen LogP contribution is -2.34. The van der Waals surface area contributed by atoms with E-state index in [9.17, 15) is 0 Å². The zero-order valence-corrected chi connectivity index (χ0v) is 14.3. The van der Waals surface area contributed by atoms with Gasteiger partial charge in [0.1, 0.15) is 0 Å². The maximum atomic E-state index is 6.00. The fourth-order valence-corrected chi connectivity index (χ4v) is 3.70. The molecule has 2 fully saturated rings. The van der Waals surface area contributed by atoms with Gasteiger partial charge < -0.3 is 15.0 Å². The van der Waals surface area contributed by atoms with E-state index in [1.54, 1.807) is 0 Å². The summed E-state index contributed by atoms with van der Waals surface area (Å²) in [6, 6.07) is 1.43. The highest BCUT2D eigenvalue weighted by Gasteiger charge is 2.18. The molecule has 2 rings (SSSR count). The van der Waals surface area contributed by atoms with Crippen molar-refractivity contribution in [3.63, 3.8) is 0 Å². The molecule has 1 unspecified atom stereocenters. The minimum absolute atomic E-state index is 0.566. The van der Waals surface area contributed by atoms with Crippen molar-refractivity contribution in [2.45, 2.75) is 89.8 Å². The van der Waals surface area contributed by atoms with E-state index in [4.69, 9.17) is 4.74 Å². The van der Waals surface area contributed by atoms with Crippen LogP contribution in [-0.4, -0.2) is 49.3 Å². The number of hydrogen-bond donors (Lipinski definition) is 1.